The van der Waals surface area contributed by atoms with Gasteiger partial charge in [-0.05, 0) is 56.1 Å². The van der Waals surface area contributed by atoms with Crippen molar-refractivity contribution >= 4 is 0 Å². The first kappa shape index (κ1) is 29.6. The molecule has 0 aliphatic carbocycles. The molecule has 0 spiro atoms. The molecule has 0 saturated carbocycles. The van der Waals surface area contributed by atoms with Gasteiger partial charge in [-0.2, -0.15) is 4.89 Å². The van der Waals surface area contributed by atoms with Crippen molar-refractivity contribution in [2.75, 3.05) is 33.5 Å². The Balaban J connectivity index is 6.65. The normalized spacial score (nSPS) is 18.4. The molecule has 30 heavy (non-hydrogen) atoms. The Hall–Kier alpha value is -0.390. The van der Waals surface area contributed by atoms with Crippen molar-refractivity contribution in [1.82, 2.24) is 0 Å². The quantitative estimate of drug-likeness (QED) is 0.121. The van der Waals surface area contributed by atoms with E-state index in [1.54, 1.807) is 20.8 Å². The largest absolute Gasteiger partial charge is 0.328 e. The number of hydrogen-bond donors (Lipinski definition) is 0. The first-order valence-corrected chi connectivity index (χ1v) is 10.9. The van der Waals surface area contributed by atoms with E-state index in [-0.39, 0.29) is 38.4 Å². The van der Waals surface area contributed by atoms with Gasteiger partial charge in [0.2, 0.25) is 0 Å². The fourth-order valence-electron chi connectivity index (χ4n) is 2.84. The number of ether oxygens (including phenoxy) is 6. The minimum absolute atomic E-state index is 0.117. The third-order valence-electron chi connectivity index (χ3n) is 4.25. The maximum absolute atomic E-state index is 13.3. The van der Waals surface area contributed by atoms with Gasteiger partial charge in [-0.25, -0.2) is 0 Å². The van der Waals surface area contributed by atoms with Crippen LogP contribution in [0, 0.1) is 5.92 Å². The molecular weight excluding hydrogens is 399 g/mol. The highest BCUT2D eigenvalue weighted by atomic mass is 19.3. The summed E-state index contributed by atoms with van der Waals surface area (Å²) in [4.78, 5) is 5.15. The molecule has 0 bridgehead atoms. The van der Waals surface area contributed by atoms with Crippen LogP contribution in [0.15, 0.2) is 0 Å². The van der Waals surface area contributed by atoms with Gasteiger partial charge in [-0.1, -0.05) is 34.1 Å². The Morgan fingerprint density at radius 3 is 1.90 bits per heavy atom. The Morgan fingerprint density at radius 2 is 1.47 bits per heavy atom. The third-order valence-corrected chi connectivity index (χ3v) is 4.25. The van der Waals surface area contributed by atoms with Crippen LogP contribution in [0.2, 0.25) is 0 Å². The molecule has 0 N–H and O–H groups in total. The Kier molecular flexibility index (Phi) is 14.4. The number of halogens is 1. The highest BCUT2D eigenvalue weighted by Gasteiger charge is 2.71. The summed E-state index contributed by atoms with van der Waals surface area (Å²) in [6.07, 6.45) is 1.84. The van der Waals surface area contributed by atoms with Crippen molar-refractivity contribution in [2.24, 2.45) is 5.92 Å². The topological polar surface area (TPSA) is 73.8 Å². The van der Waals surface area contributed by atoms with Crippen molar-refractivity contribution in [2.45, 2.75) is 98.3 Å². The molecule has 0 rings (SSSR count). The van der Waals surface area contributed by atoms with E-state index >= 15 is 0 Å². The standard InChI is InChI=1S/C21H43FO8/c1-10-13-15-26-21(28-18(6)7,27-16-17(4)5)19(8,29-30-22)20(23-9,24-12-3)25-14-11-2/h17-18H,10-16H2,1-9H3. The van der Waals surface area contributed by atoms with Crippen molar-refractivity contribution < 1.29 is 42.9 Å². The van der Waals surface area contributed by atoms with E-state index in [1.165, 1.54) is 14.0 Å². The average molecular weight is 443 g/mol. The summed E-state index contributed by atoms with van der Waals surface area (Å²) in [5.41, 5.74) is -1.98. The molecule has 9 heteroatoms. The van der Waals surface area contributed by atoms with E-state index in [1.807, 2.05) is 27.7 Å². The smallest absolute Gasteiger partial charge is 0.325 e. The molecule has 0 fully saturated rings. The number of hydrogen-bond acceptors (Lipinski definition) is 8. The van der Waals surface area contributed by atoms with E-state index in [9.17, 15) is 4.53 Å². The van der Waals surface area contributed by atoms with E-state index in [0.29, 0.717) is 12.8 Å². The summed E-state index contributed by atoms with van der Waals surface area (Å²) in [6, 6.07) is 0. The molecule has 0 aromatic carbocycles. The van der Waals surface area contributed by atoms with Crippen LogP contribution in [0.5, 0.6) is 0 Å². The SMILES string of the molecule is CCCCOC(OCC(C)C)(OC(C)C)C(C)(OOF)C(OC)(OCC)OCCC. The van der Waals surface area contributed by atoms with Crippen LogP contribution >= 0.6 is 0 Å². The molecule has 0 heterocycles. The first-order valence-electron chi connectivity index (χ1n) is 10.9. The van der Waals surface area contributed by atoms with Crippen LogP contribution in [-0.4, -0.2) is 57.2 Å². The molecule has 3 atom stereocenters. The minimum Gasteiger partial charge on any atom is -0.328 e. The molecule has 0 saturated heterocycles. The van der Waals surface area contributed by atoms with Crippen molar-refractivity contribution in [3.8, 4) is 0 Å². The monoisotopic (exact) mass is 442 g/mol. The summed E-state index contributed by atoms with van der Waals surface area (Å²) >= 11 is 0. The third kappa shape index (κ3) is 7.63. The Bertz CT molecular complexity index is 439. The maximum atomic E-state index is 13.3. The van der Waals surface area contributed by atoms with Crippen molar-refractivity contribution in [3.05, 3.63) is 0 Å². The van der Waals surface area contributed by atoms with Gasteiger partial charge in [0.05, 0.1) is 25.9 Å². The molecule has 0 aromatic rings. The van der Waals surface area contributed by atoms with Crippen LogP contribution in [0.25, 0.3) is 0 Å². The van der Waals surface area contributed by atoms with Crippen molar-refractivity contribution in [3.63, 3.8) is 0 Å². The Morgan fingerprint density at radius 1 is 0.833 bits per heavy atom. The number of methoxy groups -OCH3 is 1. The van der Waals surface area contributed by atoms with Crippen LogP contribution in [0.4, 0.5) is 4.53 Å². The van der Waals surface area contributed by atoms with Gasteiger partial charge in [-0.15, -0.1) is 0 Å². The summed E-state index contributed by atoms with van der Waals surface area (Å²) in [7, 11) is 1.36. The lowest BCUT2D eigenvalue weighted by Gasteiger charge is -2.51. The van der Waals surface area contributed by atoms with Gasteiger partial charge in [0, 0.05) is 13.7 Å². The zero-order valence-corrected chi connectivity index (χ0v) is 20.2. The van der Waals surface area contributed by atoms with E-state index in [2.05, 4.69) is 5.09 Å². The number of unbranched alkanes of at least 4 members (excludes halogenated alkanes) is 1. The van der Waals surface area contributed by atoms with Crippen LogP contribution in [0.3, 0.4) is 0 Å². The molecule has 0 radical (unpaired) electrons. The second-order valence-electron chi connectivity index (χ2n) is 7.85. The lowest BCUT2D eigenvalue weighted by molar-refractivity contribution is -0.608. The molecule has 182 valence electrons. The molecule has 3 unspecified atom stereocenters. The highest BCUT2D eigenvalue weighted by Crippen LogP contribution is 2.45. The lowest BCUT2D eigenvalue weighted by atomic mass is 9.98. The zero-order chi connectivity index (χ0) is 23.3. The summed E-state index contributed by atoms with van der Waals surface area (Å²) < 4.78 is 49.1. The van der Waals surface area contributed by atoms with E-state index < -0.39 is 17.5 Å². The second kappa shape index (κ2) is 14.6. The Labute approximate surface area is 181 Å². The van der Waals surface area contributed by atoms with Crippen LogP contribution in [-0.2, 0) is 38.4 Å². The fourth-order valence-corrected chi connectivity index (χ4v) is 2.84. The lowest BCUT2D eigenvalue weighted by Crippen LogP contribution is -2.73. The van der Waals surface area contributed by atoms with Gasteiger partial charge in [0.25, 0.3) is 5.60 Å². The van der Waals surface area contributed by atoms with Crippen LogP contribution < -0.4 is 0 Å². The van der Waals surface area contributed by atoms with Gasteiger partial charge in [-0.3, -0.25) is 0 Å². The highest BCUT2D eigenvalue weighted by molar-refractivity contribution is 4.96. The predicted octanol–water partition coefficient (Wildman–Crippen LogP) is 4.91. The fraction of sp³-hybridized carbons (Fsp3) is 1.00. The summed E-state index contributed by atoms with van der Waals surface area (Å²) in [5, 5.41) is 3.66. The van der Waals surface area contributed by atoms with Crippen molar-refractivity contribution in [1.29, 1.82) is 0 Å². The first-order chi connectivity index (χ1) is 14.1. The molecule has 0 aromatic heterocycles. The van der Waals surface area contributed by atoms with E-state index in [0.717, 1.165) is 6.42 Å². The van der Waals surface area contributed by atoms with Crippen LogP contribution in [0.1, 0.15) is 74.7 Å². The van der Waals surface area contributed by atoms with E-state index in [4.69, 9.17) is 33.3 Å². The maximum Gasteiger partial charge on any atom is 0.325 e. The van der Waals surface area contributed by atoms with Gasteiger partial charge in [0.15, 0.2) is 0 Å². The molecule has 8 nitrogen and oxygen atoms in total. The number of rotatable bonds is 19. The average Bonchev–Trinajstić information content (AvgIpc) is 2.69. The molecule has 0 aliphatic rings. The zero-order valence-electron chi connectivity index (χ0n) is 20.2. The van der Waals surface area contributed by atoms with Gasteiger partial charge >= 0.3 is 11.9 Å². The molecular formula is C21H43FO8. The second-order valence-corrected chi connectivity index (χ2v) is 7.85. The van der Waals surface area contributed by atoms with Gasteiger partial charge in [0.1, 0.15) is 0 Å². The molecule has 0 amide bonds. The summed E-state index contributed by atoms with van der Waals surface area (Å²) in [6.45, 7) is 15.6. The minimum atomic E-state index is -1.98. The predicted molar refractivity (Wildman–Crippen MR) is 110 cm³/mol. The van der Waals surface area contributed by atoms with Gasteiger partial charge < -0.3 is 28.4 Å². The summed E-state index contributed by atoms with van der Waals surface area (Å²) in [5.74, 6) is -3.81. The molecule has 0 aliphatic heterocycles.